The van der Waals surface area contributed by atoms with E-state index < -0.39 is 0 Å². The van der Waals surface area contributed by atoms with Crippen molar-refractivity contribution in [2.24, 2.45) is 0 Å². The fraction of sp³-hybridized carbons (Fsp3) is 0.273. The molecule has 0 saturated heterocycles. The summed E-state index contributed by atoms with van der Waals surface area (Å²) in [5, 5.41) is 5.37. The Morgan fingerprint density at radius 1 is 1.04 bits per heavy atom. The Bertz CT molecular complexity index is 1000. The van der Waals surface area contributed by atoms with Crippen molar-refractivity contribution < 1.29 is 14.3 Å². The first kappa shape index (κ1) is 18.5. The molecule has 0 atom stereocenters. The normalized spacial score (nSPS) is 13.2. The molecule has 0 bridgehead atoms. The lowest BCUT2D eigenvalue weighted by atomic mass is 9.87. The van der Waals surface area contributed by atoms with E-state index in [0.717, 1.165) is 22.8 Å². The van der Waals surface area contributed by atoms with E-state index in [0.29, 0.717) is 23.9 Å². The minimum Gasteiger partial charge on any atom is -0.486 e. The van der Waals surface area contributed by atoms with Crippen molar-refractivity contribution in [3.8, 4) is 22.8 Å². The molecule has 1 aromatic heterocycles. The van der Waals surface area contributed by atoms with Gasteiger partial charge >= 0.3 is 0 Å². The van der Waals surface area contributed by atoms with Gasteiger partial charge in [0.15, 0.2) is 16.6 Å². The summed E-state index contributed by atoms with van der Waals surface area (Å²) in [7, 11) is 0. The van der Waals surface area contributed by atoms with Crippen LogP contribution >= 0.6 is 11.3 Å². The zero-order valence-corrected chi connectivity index (χ0v) is 16.9. The number of anilines is 1. The third-order valence-electron chi connectivity index (χ3n) is 4.58. The third kappa shape index (κ3) is 3.87. The standard InChI is InChI=1S/C22H22N2O3S/c1-22(2,3)16-7-4-14(5-8-16)20(25)24-21-23-17(13-28-21)15-6-9-18-19(12-15)27-11-10-26-18/h4-9,12-13H,10-11H2,1-3H3,(H,23,24,25). The highest BCUT2D eigenvalue weighted by Crippen LogP contribution is 2.35. The molecule has 0 saturated carbocycles. The molecule has 1 amide bonds. The predicted octanol–water partition coefficient (Wildman–Crippen LogP) is 5.13. The van der Waals surface area contributed by atoms with Gasteiger partial charge in [-0.15, -0.1) is 11.3 Å². The lowest BCUT2D eigenvalue weighted by Crippen LogP contribution is -2.15. The third-order valence-corrected chi connectivity index (χ3v) is 5.33. The smallest absolute Gasteiger partial charge is 0.257 e. The summed E-state index contributed by atoms with van der Waals surface area (Å²) < 4.78 is 11.2. The number of rotatable bonds is 3. The van der Waals surface area contributed by atoms with Gasteiger partial charge in [-0.2, -0.15) is 0 Å². The zero-order valence-electron chi connectivity index (χ0n) is 16.1. The van der Waals surface area contributed by atoms with Crippen LogP contribution in [0.3, 0.4) is 0 Å². The van der Waals surface area contributed by atoms with Gasteiger partial charge < -0.3 is 9.47 Å². The average molecular weight is 394 g/mol. The van der Waals surface area contributed by atoms with Crippen molar-refractivity contribution in [3.05, 3.63) is 59.0 Å². The van der Waals surface area contributed by atoms with Crippen LogP contribution in [0.5, 0.6) is 11.5 Å². The van der Waals surface area contributed by atoms with Gasteiger partial charge in [-0.3, -0.25) is 10.1 Å². The first-order valence-electron chi connectivity index (χ1n) is 9.17. The summed E-state index contributed by atoms with van der Waals surface area (Å²) in [6, 6.07) is 13.4. The Hall–Kier alpha value is -2.86. The van der Waals surface area contributed by atoms with Crippen molar-refractivity contribution in [3.63, 3.8) is 0 Å². The zero-order chi connectivity index (χ0) is 19.7. The average Bonchev–Trinajstić information content (AvgIpc) is 3.15. The van der Waals surface area contributed by atoms with Gasteiger partial charge in [0.2, 0.25) is 0 Å². The van der Waals surface area contributed by atoms with Crippen LogP contribution in [0.2, 0.25) is 0 Å². The molecule has 2 heterocycles. The van der Waals surface area contributed by atoms with Crippen LogP contribution in [0.4, 0.5) is 5.13 Å². The molecule has 1 aliphatic heterocycles. The number of fused-ring (bicyclic) bond motifs is 1. The number of nitrogens with zero attached hydrogens (tertiary/aromatic N) is 1. The van der Waals surface area contributed by atoms with E-state index in [1.165, 1.54) is 16.9 Å². The first-order valence-corrected chi connectivity index (χ1v) is 10.1. The molecule has 3 aromatic rings. The molecule has 6 heteroatoms. The number of benzene rings is 2. The molecule has 28 heavy (non-hydrogen) atoms. The van der Waals surface area contributed by atoms with Crippen molar-refractivity contribution in [2.75, 3.05) is 18.5 Å². The van der Waals surface area contributed by atoms with Crippen molar-refractivity contribution in [2.45, 2.75) is 26.2 Å². The minimum absolute atomic E-state index is 0.0584. The maximum atomic E-state index is 12.5. The molecule has 1 N–H and O–H groups in total. The molecule has 0 radical (unpaired) electrons. The summed E-state index contributed by atoms with van der Waals surface area (Å²) in [6.45, 7) is 7.56. The van der Waals surface area contributed by atoms with E-state index in [1.54, 1.807) is 0 Å². The maximum absolute atomic E-state index is 12.5. The Morgan fingerprint density at radius 3 is 2.46 bits per heavy atom. The topological polar surface area (TPSA) is 60.5 Å². The van der Waals surface area contributed by atoms with Crippen LogP contribution in [0.15, 0.2) is 47.8 Å². The maximum Gasteiger partial charge on any atom is 0.257 e. The number of hydrogen-bond donors (Lipinski definition) is 1. The van der Waals surface area contributed by atoms with Gasteiger partial charge in [0, 0.05) is 16.5 Å². The number of aromatic nitrogens is 1. The summed E-state index contributed by atoms with van der Waals surface area (Å²) in [5.74, 6) is 1.31. The molecule has 2 aromatic carbocycles. The molecule has 5 nitrogen and oxygen atoms in total. The number of nitrogens with one attached hydrogen (secondary N) is 1. The van der Waals surface area contributed by atoms with Gasteiger partial charge in [0.25, 0.3) is 5.91 Å². The molecule has 144 valence electrons. The second kappa shape index (κ2) is 7.28. The molecular formula is C22H22N2O3S. The van der Waals surface area contributed by atoms with Crippen LogP contribution < -0.4 is 14.8 Å². The van der Waals surface area contributed by atoms with E-state index in [4.69, 9.17) is 9.47 Å². The van der Waals surface area contributed by atoms with Gasteiger partial charge in [-0.1, -0.05) is 32.9 Å². The van der Waals surface area contributed by atoms with Crippen LogP contribution in [0.1, 0.15) is 36.7 Å². The summed E-state index contributed by atoms with van der Waals surface area (Å²) >= 11 is 1.40. The quantitative estimate of drug-likeness (QED) is 0.669. The summed E-state index contributed by atoms with van der Waals surface area (Å²) in [4.78, 5) is 17.1. The second-order valence-electron chi connectivity index (χ2n) is 7.68. The Balaban J connectivity index is 1.48. The summed E-state index contributed by atoms with van der Waals surface area (Å²) in [6.07, 6.45) is 0. The van der Waals surface area contributed by atoms with Gasteiger partial charge in [-0.05, 0) is 41.3 Å². The molecule has 0 unspecified atom stereocenters. The second-order valence-corrected chi connectivity index (χ2v) is 8.54. The van der Waals surface area contributed by atoms with Crippen LogP contribution in [0.25, 0.3) is 11.3 Å². The lowest BCUT2D eigenvalue weighted by Gasteiger charge is -2.19. The lowest BCUT2D eigenvalue weighted by molar-refractivity contribution is 0.102. The highest BCUT2D eigenvalue weighted by molar-refractivity contribution is 7.14. The highest BCUT2D eigenvalue weighted by atomic mass is 32.1. The minimum atomic E-state index is -0.163. The molecule has 0 aliphatic carbocycles. The molecule has 0 fully saturated rings. The SMILES string of the molecule is CC(C)(C)c1ccc(C(=O)Nc2nc(-c3ccc4c(c3)OCCO4)cs2)cc1. The van der Waals surface area contributed by atoms with Gasteiger partial charge in [0.05, 0.1) is 5.69 Å². The summed E-state index contributed by atoms with van der Waals surface area (Å²) in [5.41, 5.74) is 3.59. The Labute approximate surface area is 168 Å². The Morgan fingerprint density at radius 2 is 1.75 bits per heavy atom. The number of hydrogen-bond acceptors (Lipinski definition) is 5. The van der Waals surface area contributed by atoms with Gasteiger partial charge in [0.1, 0.15) is 13.2 Å². The van der Waals surface area contributed by atoms with E-state index in [1.807, 2.05) is 47.8 Å². The Kier molecular flexibility index (Phi) is 4.81. The van der Waals surface area contributed by atoms with Crippen molar-refractivity contribution >= 4 is 22.4 Å². The molecule has 0 spiro atoms. The number of carbonyl (C=O) groups is 1. The van der Waals surface area contributed by atoms with Crippen LogP contribution in [-0.4, -0.2) is 24.1 Å². The monoisotopic (exact) mass is 394 g/mol. The number of amides is 1. The first-order chi connectivity index (χ1) is 13.4. The van der Waals surface area contributed by atoms with Crippen LogP contribution in [-0.2, 0) is 5.41 Å². The number of thiazole rings is 1. The number of ether oxygens (including phenoxy) is 2. The van der Waals surface area contributed by atoms with Crippen molar-refractivity contribution in [1.29, 1.82) is 0 Å². The largest absolute Gasteiger partial charge is 0.486 e. The van der Waals surface area contributed by atoms with E-state index in [2.05, 4.69) is 31.1 Å². The van der Waals surface area contributed by atoms with E-state index >= 15 is 0 Å². The molecule has 1 aliphatic rings. The van der Waals surface area contributed by atoms with Crippen LogP contribution in [0, 0.1) is 0 Å². The van der Waals surface area contributed by atoms with Gasteiger partial charge in [-0.25, -0.2) is 4.98 Å². The fourth-order valence-corrected chi connectivity index (χ4v) is 3.67. The number of carbonyl (C=O) groups excluding carboxylic acids is 1. The highest BCUT2D eigenvalue weighted by Gasteiger charge is 2.16. The molecular weight excluding hydrogens is 372 g/mol. The van der Waals surface area contributed by atoms with E-state index in [9.17, 15) is 4.79 Å². The molecule has 4 rings (SSSR count). The van der Waals surface area contributed by atoms with E-state index in [-0.39, 0.29) is 11.3 Å². The fourth-order valence-electron chi connectivity index (χ4n) is 2.96. The van der Waals surface area contributed by atoms with Crippen molar-refractivity contribution in [1.82, 2.24) is 4.98 Å². The predicted molar refractivity (Wildman–Crippen MR) is 112 cm³/mol.